The minimum Gasteiger partial charge on any atom is -0.461 e. The second-order valence-electron chi connectivity index (χ2n) is 5.84. The maximum atomic E-state index is 12.8. The Labute approximate surface area is 139 Å². The summed E-state index contributed by atoms with van der Waals surface area (Å²) in [5, 5.41) is 4.12. The van der Waals surface area contributed by atoms with Gasteiger partial charge in [-0.2, -0.15) is 5.10 Å². The van der Waals surface area contributed by atoms with Crippen molar-refractivity contribution in [3.05, 3.63) is 45.6 Å². The molecule has 0 saturated carbocycles. The van der Waals surface area contributed by atoms with Crippen molar-refractivity contribution in [1.82, 2.24) is 9.78 Å². The number of fused-ring (bicyclic) bond motifs is 1. The highest BCUT2D eigenvalue weighted by Crippen LogP contribution is 2.42. The van der Waals surface area contributed by atoms with Crippen LogP contribution < -0.4 is 10.3 Å². The SMILES string of the molecule is CC(=O)Oc1c(C)nn(C)c(=O)c1-c1c(C)cc2ccc(C)oc1-2. The van der Waals surface area contributed by atoms with Gasteiger partial charge in [-0.05, 0) is 44.5 Å². The van der Waals surface area contributed by atoms with E-state index in [0.717, 1.165) is 16.9 Å². The van der Waals surface area contributed by atoms with Crippen molar-refractivity contribution in [2.45, 2.75) is 27.7 Å². The third-order valence-corrected chi connectivity index (χ3v) is 3.88. The van der Waals surface area contributed by atoms with E-state index in [9.17, 15) is 9.59 Å². The van der Waals surface area contributed by atoms with Crippen LogP contribution in [0.4, 0.5) is 0 Å². The van der Waals surface area contributed by atoms with Crippen molar-refractivity contribution in [2.24, 2.45) is 7.05 Å². The average molecular weight is 326 g/mol. The molecule has 1 aliphatic carbocycles. The van der Waals surface area contributed by atoms with Gasteiger partial charge in [0, 0.05) is 25.1 Å². The second kappa shape index (κ2) is 5.63. The molecular formula is C18H18N2O4. The lowest BCUT2D eigenvalue weighted by Crippen LogP contribution is -2.24. The van der Waals surface area contributed by atoms with Crippen LogP contribution in [0.15, 0.2) is 27.4 Å². The Hall–Kier alpha value is -2.89. The largest absolute Gasteiger partial charge is 0.461 e. The molecule has 2 aliphatic rings. The third kappa shape index (κ3) is 2.50. The molecule has 2 heterocycles. The predicted octanol–water partition coefficient (Wildman–Crippen LogP) is 3.00. The van der Waals surface area contributed by atoms with Crippen molar-refractivity contribution in [3.8, 4) is 28.2 Å². The first kappa shape index (κ1) is 16.0. The maximum Gasteiger partial charge on any atom is 0.308 e. The van der Waals surface area contributed by atoms with Gasteiger partial charge in [0.05, 0.1) is 5.56 Å². The molecule has 1 aromatic heterocycles. The van der Waals surface area contributed by atoms with Gasteiger partial charge in [-0.15, -0.1) is 0 Å². The van der Waals surface area contributed by atoms with Gasteiger partial charge >= 0.3 is 5.97 Å². The van der Waals surface area contributed by atoms with E-state index < -0.39 is 5.97 Å². The maximum absolute atomic E-state index is 12.8. The molecular weight excluding hydrogens is 308 g/mol. The summed E-state index contributed by atoms with van der Waals surface area (Å²) in [6, 6.07) is 5.75. The molecule has 0 aromatic carbocycles. The van der Waals surface area contributed by atoms with Crippen LogP contribution in [0.25, 0.3) is 22.5 Å². The number of nitrogens with zero attached hydrogens (tertiary/aromatic N) is 2. The summed E-state index contributed by atoms with van der Waals surface area (Å²) in [6.07, 6.45) is 0. The zero-order valence-corrected chi connectivity index (χ0v) is 14.3. The quantitative estimate of drug-likeness (QED) is 0.677. The van der Waals surface area contributed by atoms with Gasteiger partial charge in [0.2, 0.25) is 0 Å². The summed E-state index contributed by atoms with van der Waals surface area (Å²) in [5.74, 6) is 1.00. The minimum absolute atomic E-state index is 0.179. The lowest BCUT2D eigenvalue weighted by atomic mass is 10.0. The zero-order valence-electron chi connectivity index (χ0n) is 14.3. The Morgan fingerprint density at radius 3 is 2.58 bits per heavy atom. The van der Waals surface area contributed by atoms with Gasteiger partial charge in [0.15, 0.2) is 5.75 Å². The standard InChI is InChI=1S/C18H18N2O4/c1-9-8-13-7-6-10(2)23-17(13)14(9)15-16(24-12(4)21)11(3)19-20(5)18(15)22/h6-8H,1-5H3. The Morgan fingerprint density at radius 1 is 1.21 bits per heavy atom. The number of esters is 1. The van der Waals surface area contributed by atoms with Gasteiger partial charge in [0.1, 0.15) is 17.2 Å². The molecule has 3 rings (SSSR count). The lowest BCUT2D eigenvalue weighted by molar-refractivity contribution is -0.131. The van der Waals surface area contributed by atoms with Crippen LogP contribution in [0, 0.1) is 20.8 Å². The van der Waals surface area contributed by atoms with E-state index in [1.165, 1.54) is 11.6 Å². The van der Waals surface area contributed by atoms with E-state index in [1.807, 2.05) is 32.0 Å². The summed E-state index contributed by atoms with van der Waals surface area (Å²) in [5.41, 5.74) is 2.81. The summed E-state index contributed by atoms with van der Waals surface area (Å²) in [7, 11) is 1.57. The Balaban J connectivity index is 2.42. The minimum atomic E-state index is -0.504. The molecule has 0 amide bonds. The molecule has 0 saturated heterocycles. The average Bonchev–Trinajstić information content (AvgIpc) is 2.80. The number of hydrogen-bond acceptors (Lipinski definition) is 5. The van der Waals surface area contributed by atoms with E-state index in [4.69, 9.17) is 9.15 Å². The lowest BCUT2D eigenvalue weighted by Gasteiger charge is -2.13. The van der Waals surface area contributed by atoms with Crippen molar-refractivity contribution < 1.29 is 13.9 Å². The van der Waals surface area contributed by atoms with Crippen LogP contribution in [0.3, 0.4) is 0 Å². The molecule has 124 valence electrons. The number of aryl methyl sites for hydroxylation is 4. The normalized spacial score (nSPS) is 11.0. The fraction of sp³-hybridized carbons (Fsp3) is 0.278. The van der Waals surface area contributed by atoms with Gasteiger partial charge in [0.25, 0.3) is 5.56 Å². The molecule has 24 heavy (non-hydrogen) atoms. The van der Waals surface area contributed by atoms with Crippen LogP contribution in [0.2, 0.25) is 0 Å². The summed E-state index contributed by atoms with van der Waals surface area (Å²) < 4.78 is 12.4. The van der Waals surface area contributed by atoms with E-state index in [2.05, 4.69) is 5.10 Å². The molecule has 6 nitrogen and oxygen atoms in total. The third-order valence-electron chi connectivity index (χ3n) is 3.88. The number of ether oxygens (including phenoxy) is 1. The number of aromatic nitrogens is 2. The Kier molecular flexibility index (Phi) is 3.75. The van der Waals surface area contributed by atoms with E-state index >= 15 is 0 Å². The predicted molar refractivity (Wildman–Crippen MR) is 89.3 cm³/mol. The smallest absolute Gasteiger partial charge is 0.308 e. The molecule has 1 aromatic rings. The van der Waals surface area contributed by atoms with Gasteiger partial charge in [-0.25, -0.2) is 4.68 Å². The van der Waals surface area contributed by atoms with E-state index in [1.54, 1.807) is 14.0 Å². The van der Waals surface area contributed by atoms with Crippen molar-refractivity contribution in [1.29, 1.82) is 0 Å². The number of hydrogen-bond donors (Lipinski definition) is 0. The number of carbonyl (C=O) groups excluding carboxylic acids is 1. The Morgan fingerprint density at radius 2 is 1.92 bits per heavy atom. The van der Waals surface area contributed by atoms with Crippen LogP contribution >= 0.6 is 0 Å². The summed E-state index contributed by atoms with van der Waals surface area (Å²) in [4.78, 5) is 24.3. The molecule has 1 aliphatic heterocycles. The van der Waals surface area contributed by atoms with Crippen LogP contribution in [-0.4, -0.2) is 15.7 Å². The van der Waals surface area contributed by atoms with Crippen LogP contribution in [0.5, 0.6) is 5.75 Å². The summed E-state index contributed by atoms with van der Waals surface area (Å²) >= 11 is 0. The second-order valence-corrected chi connectivity index (χ2v) is 5.84. The summed E-state index contributed by atoms with van der Waals surface area (Å²) in [6.45, 7) is 6.73. The van der Waals surface area contributed by atoms with Crippen molar-refractivity contribution >= 4 is 5.97 Å². The van der Waals surface area contributed by atoms with Crippen molar-refractivity contribution in [2.75, 3.05) is 0 Å². The number of rotatable bonds is 2. The number of carbonyl (C=O) groups is 1. The van der Waals surface area contributed by atoms with Gasteiger partial charge in [-0.1, -0.05) is 0 Å². The first-order valence-corrected chi connectivity index (χ1v) is 7.56. The molecule has 6 heteroatoms. The molecule has 0 unspecified atom stereocenters. The van der Waals surface area contributed by atoms with Crippen LogP contribution in [0.1, 0.15) is 23.9 Å². The highest BCUT2D eigenvalue weighted by atomic mass is 16.5. The Bertz CT molecular complexity index is 981. The molecule has 0 fully saturated rings. The van der Waals surface area contributed by atoms with Crippen LogP contribution in [-0.2, 0) is 11.8 Å². The van der Waals surface area contributed by atoms with Gasteiger partial charge in [-0.3, -0.25) is 9.59 Å². The highest BCUT2D eigenvalue weighted by Gasteiger charge is 2.26. The molecule has 0 spiro atoms. The fourth-order valence-corrected chi connectivity index (χ4v) is 2.89. The first-order valence-electron chi connectivity index (χ1n) is 7.56. The first-order chi connectivity index (χ1) is 11.3. The molecule has 0 bridgehead atoms. The highest BCUT2D eigenvalue weighted by molar-refractivity contribution is 5.89. The monoisotopic (exact) mass is 326 g/mol. The molecule has 0 atom stereocenters. The zero-order chi connectivity index (χ0) is 17.6. The van der Waals surface area contributed by atoms with E-state index in [0.29, 0.717) is 22.6 Å². The molecule has 0 radical (unpaired) electrons. The topological polar surface area (TPSA) is 74.3 Å². The van der Waals surface area contributed by atoms with Gasteiger partial charge < -0.3 is 9.15 Å². The van der Waals surface area contributed by atoms with Crippen molar-refractivity contribution in [3.63, 3.8) is 0 Å². The molecule has 0 N–H and O–H groups in total. The fourth-order valence-electron chi connectivity index (χ4n) is 2.89. The van der Waals surface area contributed by atoms with E-state index in [-0.39, 0.29) is 11.3 Å².